The van der Waals surface area contributed by atoms with Crippen LogP contribution >= 0.6 is 11.3 Å². The van der Waals surface area contributed by atoms with Crippen LogP contribution in [0.4, 0.5) is 0 Å². The van der Waals surface area contributed by atoms with Gasteiger partial charge in [-0.3, -0.25) is 9.48 Å². The molecule has 4 rings (SSSR count). The summed E-state index contributed by atoms with van der Waals surface area (Å²) in [5.41, 5.74) is 4.17. The fourth-order valence-corrected chi connectivity index (χ4v) is 3.81. The molecular weight excluding hydrogens is 366 g/mol. The quantitative estimate of drug-likeness (QED) is 0.507. The predicted octanol–water partition coefficient (Wildman–Crippen LogP) is 4.52. The lowest BCUT2D eigenvalue weighted by Gasteiger charge is -2.05. The summed E-state index contributed by atoms with van der Waals surface area (Å²) in [5.74, 6) is 0.0253. The van der Waals surface area contributed by atoms with E-state index in [4.69, 9.17) is 5.10 Å². The average Bonchev–Trinajstić information content (AvgIpc) is 3.38. The fraction of sp³-hybridized carbons (Fsp3) is 0.130. The molecule has 0 unspecified atom stereocenters. The highest BCUT2D eigenvalue weighted by Crippen LogP contribution is 2.22. The molecule has 0 atom stereocenters. The smallest absolute Gasteiger partial charge is 0.225 e. The second-order valence-corrected chi connectivity index (χ2v) is 7.62. The maximum atomic E-state index is 12.3. The molecule has 0 saturated carbocycles. The van der Waals surface area contributed by atoms with E-state index in [0.29, 0.717) is 19.5 Å². The van der Waals surface area contributed by atoms with E-state index in [2.05, 4.69) is 17.4 Å². The van der Waals surface area contributed by atoms with E-state index in [-0.39, 0.29) is 5.91 Å². The van der Waals surface area contributed by atoms with Gasteiger partial charge < -0.3 is 5.32 Å². The zero-order valence-electron chi connectivity index (χ0n) is 15.4. The lowest BCUT2D eigenvalue weighted by atomic mass is 10.1. The first-order valence-corrected chi connectivity index (χ1v) is 10.1. The summed E-state index contributed by atoms with van der Waals surface area (Å²) in [6.07, 6.45) is 2.44. The molecule has 1 amide bonds. The van der Waals surface area contributed by atoms with Gasteiger partial charge >= 0.3 is 0 Å². The Morgan fingerprint density at radius 2 is 1.71 bits per heavy atom. The predicted molar refractivity (Wildman–Crippen MR) is 113 cm³/mol. The first-order chi connectivity index (χ1) is 13.8. The van der Waals surface area contributed by atoms with E-state index in [1.54, 1.807) is 11.3 Å². The summed E-state index contributed by atoms with van der Waals surface area (Å²) in [7, 11) is 0. The van der Waals surface area contributed by atoms with Gasteiger partial charge in [-0.05, 0) is 17.0 Å². The van der Waals surface area contributed by atoms with Crippen molar-refractivity contribution in [1.82, 2.24) is 15.1 Å². The summed E-state index contributed by atoms with van der Waals surface area (Å²) in [6, 6.07) is 24.3. The molecule has 0 aliphatic rings. The second kappa shape index (κ2) is 8.67. The van der Waals surface area contributed by atoms with E-state index in [9.17, 15) is 4.79 Å². The lowest BCUT2D eigenvalue weighted by Crippen LogP contribution is -2.24. The van der Waals surface area contributed by atoms with Crippen LogP contribution in [0, 0.1) is 0 Å². The molecule has 0 spiro atoms. The Bertz CT molecular complexity index is 1020. The second-order valence-electron chi connectivity index (χ2n) is 6.59. The van der Waals surface area contributed by atoms with Crippen LogP contribution in [-0.2, 0) is 24.3 Å². The Balaban J connectivity index is 1.53. The molecule has 0 aliphatic carbocycles. The highest BCUT2D eigenvalue weighted by molar-refractivity contribution is 7.10. The number of amides is 1. The third kappa shape index (κ3) is 4.56. The molecular formula is C23H21N3OS. The van der Waals surface area contributed by atoms with Gasteiger partial charge in [-0.1, -0.05) is 66.7 Å². The number of rotatable bonds is 7. The molecule has 0 fully saturated rings. The van der Waals surface area contributed by atoms with Gasteiger partial charge in [0.2, 0.25) is 5.91 Å². The monoisotopic (exact) mass is 387 g/mol. The standard InChI is InChI=1S/C23H21N3OS/c27-22(14-21-12-7-13-28-21)24-15-20-17-26(16-18-8-3-1-4-9-18)25-23(20)19-10-5-2-6-11-19/h1-13,17H,14-16H2,(H,24,27). The van der Waals surface area contributed by atoms with Crippen molar-refractivity contribution in [2.45, 2.75) is 19.5 Å². The van der Waals surface area contributed by atoms with Crippen molar-refractivity contribution in [2.24, 2.45) is 0 Å². The van der Waals surface area contributed by atoms with Crippen LogP contribution in [-0.4, -0.2) is 15.7 Å². The number of carbonyl (C=O) groups is 1. The van der Waals surface area contributed by atoms with Crippen molar-refractivity contribution in [3.05, 3.63) is 100 Å². The van der Waals surface area contributed by atoms with Crippen LogP contribution in [0.3, 0.4) is 0 Å². The highest BCUT2D eigenvalue weighted by atomic mass is 32.1. The van der Waals surface area contributed by atoms with Crippen LogP contribution in [0.15, 0.2) is 84.4 Å². The van der Waals surface area contributed by atoms with E-state index in [0.717, 1.165) is 21.7 Å². The summed E-state index contributed by atoms with van der Waals surface area (Å²) in [4.78, 5) is 13.4. The van der Waals surface area contributed by atoms with Crippen molar-refractivity contribution >= 4 is 17.2 Å². The number of nitrogens with zero attached hydrogens (tertiary/aromatic N) is 2. The third-order valence-electron chi connectivity index (χ3n) is 4.46. The first kappa shape index (κ1) is 18.2. The lowest BCUT2D eigenvalue weighted by molar-refractivity contribution is -0.120. The number of aromatic nitrogens is 2. The van der Waals surface area contributed by atoms with Crippen molar-refractivity contribution in [3.63, 3.8) is 0 Å². The molecule has 0 saturated heterocycles. The molecule has 140 valence electrons. The number of benzene rings is 2. The number of carbonyl (C=O) groups excluding carboxylic acids is 1. The van der Waals surface area contributed by atoms with Crippen molar-refractivity contribution in [2.75, 3.05) is 0 Å². The summed E-state index contributed by atoms with van der Waals surface area (Å²) in [6.45, 7) is 1.16. The molecule has 5 heteroatoms. The molecule has 0 aliphatic heterocycles. The molecule has 4 nitrogen and oxygen atoms in total. The van der Waals surface area contributed by atoms with E-state index >= 15 is 0 Å². The molecule has 4 aromatic rings. The minimum atomic E-state index is 0.0253. The van der Waals surface area contributed by atoms with Gasteiger partial charge in [0.25, 0.3) is 0 Å². The molecule has 2 heterocycles. The Morgan fingerprint density at radius 3 is 2.43 bits per heavy atom. The van der Waals surface area contributed by atoms with Crippen LogP contribution in [0.25, 0.3) is 11.3 Å². The summed E-state index contributed by atoms with van der Waals surface area (Å²) in [5, 5.41) is 9.83. The van der Waals surface area contributed by atoms with E-state index < -0.39 is 0 Å². The Hall–Kier alpha value is -3.18. The van der Waals surface area contributed by atoms with E-state index in [1.165, 1.54) is 5.56 Å². The Kier molecular flexibility index (Phi) is 5.64. The molecule has 0 bridgehead atoms. The van der Waals surface area contributed by atoms with Crippen molar-refractivity contribution in [1.29, 1.82) is 0 Å². The summed E-state index contributed by atoms with van der Waals surface area (Å²) >= 11 is 1.60. The Labute approximate surface area is 168 Å². The van der Waals surface area contributed by atoms with Gasteiger partial charge in [-0.25, -0.2) is 0 Å². The molecule has 2 aromatic heterocycles. The minimum Gasteiger partial charge on any atom is -0.352 e. The van der Waals surface area contributed by atoms with E-state index in [1.807, 2.05) is 76.9 Å². The normalized spacial score (nSPS) is 10.7. The fourth-order valence-electron chi connectivity index (χ4n) is 3.11. The highest BCUT2D eigenvalue weighted by Gasteiger charge is 2.13. The zero-order chi connectivity index (χ0) is 19.2. The van der Waals surface area contributed by atoms with Crippen LogP contribution in [0.2, 0.25) is 0 Å². The van der Waals surface area contributed by atoms with Gasteiger partial charge in [0.15, 0.2) is 0 Å². The first-order valence-electron chi connectivity index (χ1n) is 9.23. The number of hydrogen-bond donors (Lipinski definition) is 1. The number of hydrogen-bond acceptors (Lipinski definition) is 3. The van der Waals surface area contributed by atoms with Gasteiger partial charge in [0.05, 0.1) is 18.7 Å². The maximum Gasteiger partial charge on any atom is 0.225 e. The van der Waals surface area contributed by atoms with Gasteiger partial charge in [-0.2, -0.15) is 5.10 Å². The van der Waals surface area contributed by atoms with Crippen LogP contribution in [0.1, 0.15) is 16.0 Å². The molecule has 1 N–H and O–H groups in total. The maximum absolute atomic E-state index is 12.3. The zero-order valence-corrected chi connectivity index (χ0v) is 16.2. The van der Waals surface area contributed by atoms with Crippen LogP contribution < -0.4 is 5.32 Å². The summed E-state index contributed by atoms with van der Waals surface area (Å²) < 4.78 is 1.94. The topological polar surface area (TPSA) is 46.9 Å². The van der Waals surface area contributed by atoms with Gasteiger partial charge in [0.1, 0.15) is 0 Å². The SMILES string of the molecule is O=C(Cc1cccs1)NCc1cn(Cc2ccccc2)nc1-c1ccccc1. The van der Waals surface area contributed by atoms with Crippen molar-refractivity contribution in [3.8, 4) is 11.3 Å². The minimum absolute atomic E-state index is 0.0253. The van der Waals surface area contributed by atoms with Gasteiger partial charge in [-0.15, -0.1) is 11.3 Å². The van der Waals surface area contributed by atoms with Crippen LogP contribution in [0.5, 0.6) is 0 Å². The van der Waals surface area contributed by atoms with Crippen molar-refractivity contribution < 1.29 is 4.79 Å². The van der Waals surface area contributed by atoms with Gasteiger partial charge in [0, 0.05) is 28.7 Å². The third-order valence-corrected chi connectivity index (χ3v) is 5.34. The number of nitrogens with one attached hydrogen (secondary N) is 1. The molecule has 2 aromatic carbocycles. The largest absolute Gasteiger partial charge is 0.352 e. The molecule has 28 heavy (non-hydrogen) atoms. The average molecular weight is 388 g/mol. The Morgan fingerprint density at radius 1 is 0.964 bits per heavy atom. The molecule has 0 radical (unpaired) electrons. The number of thiophene rings is 1.